The van der Waals surface area contributed by atoms with Crippen LogP contribution < -0.4 is 0 Å². The van der Waals surface area contributed by atoms with Gasteiger partial charge in [-0.05, 0) is 37.0 Å². The first-order valence-electron chi connectivity index (χ1n) is 8.64. The van der Waals surface area contributed by atoms with Gasteiger partial charge in [-0.3, -0.25) is 9.69 Å². The van der Waals surface area contributed by atoms with Crippen molar-refractivity contribution in [3.05, 3.63) is 59.5 Å². The predicted molar refractivity (Wildman–Crippen MR) is 94.8 cm³/mol. The van der Waals surface area contributed by atoms with Gasteiger partial charge in [-0.15, -0.1) is 0 Å². The third-order valence-electron chi connectivity index (χ3n) is 4.96. The van der Waals surface area contributed by atoms with E-state index in [1.165, 1.54) is 5.56 Å². The van der Waals surface area contributed by atoms with Crippen LogP contribution in [0.4, 0.5) is 0 Å². The summed E-state index contributed by atoms with van der Waals surface area (Å²) < 4.78 is 5.49. The number of amides is 1. The van der Waals surface area contributed by atoms with Crippen molar-refractivity contribution in [2.24, 2.45) is 5.92 Å². The minimum absolute atomic E-state index is 0.0172. The van der Waals surface area contributed by atoms with Gasteiger partial charge in [0.1, 0.15) is 5.76 Å². The first kappa shape index (κ1) is 16.8. The average molecular weight is 326 g/mol. The largest absolute Gasteiger partial charge is 0.456 e. The Morgan fingerprint density at radius 1 is 1.25 bits per heavy atom. The van der Waals surface area contributed by atoms with E-state index in [1.807, 2.05) is 24.9 Å². The van der Waals surface area contributed by atoms with Crippen molar-refractivity contribution in [2.45, 2.75) is 32.9 Å². The van der Waals surface area contributed by atoms with E-state index in [-0.39, 0.29) is 11.9 Å². The fourth-order valence-corrected chi connectivity index (χ4v) is 3.65. The first-order chi connectivity index (χ1) is 11.5. The van der Waals surface area contributed by atoms with E-state index in [1.54, 1.807) is 6.07 Å². The maximum absolute atomic E-state index is 12.6. The number of likely N-dealkylation sites (tertiary alicyclic amines) is 1. The van der Waals surface area contributed by atoms with Crippen molar-refractivity contribution >= 4 is 5.91 Å². The number of carbonyl (C=O) groups excluding carboxylic acids is 1. The van der Waals surface area contributed by atoms with Crippen LogP contribution in [0.5, 0.6) is 0 Å². The topological polar surface area (TPSA) is 36.7 Å². The van der Waals surface area contributed by atoms with E-state index in [0.717, 1.165) is 31.8 Å². The van der Waals surface area contributed by atoms with Gasteiger partial charge in [-0.2, -0.15) is 0 Å². The smallest absolute Gasteiger partial charge is 0.289 e. The van der Waals surface area contributed by atoms with E-state index in [0.29, 0.717) is 11.7 Å². The van der Waals surface area contributed by atoms with Crippen LogP contribution in [-0.4, -0.2) is 41.9 Å². The number of benzene rings is 1. The van der Waals surface area contributed by atoms with Crippen LogP contribution in [0.1, 0.15) is 35.2 Å². The molecule has 0 unspecified atom stereocenters. The number of hydrogen-bond acceptors (Lipinski definition) is 3. The quantitative estimate of drug-likeness (QED) is 0.862. The molecule has 0 spiro atoms. The molecule has 1 saturated heterocycles. The van der Waals surface area contributed by atoms with Gasteiger partial charge in [0.05, 0.1) is 0 Å². The minimum atomic E-state index is -0.0172. The molecular formula is C20H26N2O2. The monoisotopic (exact) mass is 326 g/mol. The number of nitrogens with zero attached hydrogens (tertiary/aromatic N) is 2. The van der Waals surface area contributed by atoms with Gasteiger partial charge < -0.3 is 9.32 Å². The van der Waals surface area contributed by atoms with Crippen LogP contribution in [-0.2, 0) is 6.54 Å². The molecule has 0 bridgehead atoms. The third-order valence-corrected chi connectivity index (χ3v) is 4.96. The van der Waals surface area contributed by atoms with Gasteiger partial charge in [0.15, 0.2) is 5.76 Å². The van der Waals surface area contributed by atoms with Crippen molar-refractivity contribution in [3.8, 4) is 0 Å². The van der Waals surface area contributed by atoms with Crippen LogP contribution in [0.15, 0.2) is 46.9 Å². The second-order valence-electron chi connectivity index (χ2n) is 6.88. The second-order valence-corrected chi connectivity index (χ2v) is 6.88. The molecule has 0 N–H and O–H groups in total. The van der Waals surface area contributed by atoms with Crippen LogP contribution >= 0.6 is 0 Å². The van der Waals surface area contributed by atoms with E-state index < -0.39 is 0 Å². The molecule has 0 saturated carbocycles. The van der Waals surface area contributed by atoms with E-state index >= 15 is 0 Å². The molecule has 1 aromatic heterocycles. The summed E-state index contributed by atoms with van der Waals surface area (Å²) in [5.74, 6) is 1.63. The second kappa shape index (κ2) is 7.22. The number of carbonyl (C=O) groups is 1. The minimum Gasteiger partial charge on any atom is -0.456 e. The van der Waals surface area contributed by atoms with Crippen LogP contribution in [0.3, 0.4) is 0 Å². The molecule has 2 aromatic rings. The zero-order valence-corrected chi connectivity index (χ0v) is 14.7. The fraction of sp³-hybridized carbons (Fsp3) is 0.450. The molecule has 0 aliphatic carbocycles. The molecule has 3 rings (SSSR count). The Morgan fingerprint density at radius 3 is 2.62 bits per heavy atom. The summed E-state index contributed by atoms with van der Waals surface area (Å²) >= 11 is 0. The van der Waals surface area contributed by atoms with Crippen molar-refractivity contribution in [1.29, 1.82) is 0 Å². The molecule has 2 heterocycles. The van der Waals surface area contributed by atoms with Gasteiger partial charge in [0.25, 0.3) is 5.91 Å². The number of piperidine rings is 1. The lowest BCUT2D eigenvalue weighted by Gasteiger charge is -2.41. The Morgan fingerprint density at radius 2 is 2.00 bits per heavy atom. The molecule has 1 amide bonds. The van der Waals surface area contributed by atoms with Crippen molar-refractivity contribution < 1.29 is 9.21 Å². The molecule has 1 fully saturated rings. The highest BCUT2D eigenvalue weighted by molar-refractivity contribution is 5.91. The molecule has 2 atom stereocenters. The molecule has 24 heavy (non-hydrogen) atoms. The molecule has 1 aliphatic rings. The van der Waals surface area contributed by atoms with E-state index in [4.69, 9.17) is 4.42 Å². The number of furan rings is 1. The Hall–Kier alpha value is -2.07. The van der Waals surface area contributed by atoms with Crippen molar-refractivity contribution in [3.63, 3.8) is 0 Å². The number of aryl methyl sites for hydroxylation is 1. The standard InChI is InChI=1S/C20H26N2O2/c1-15-13-22(14-17-7-5-4-6-8-17)12-11-18(15)21(3)20(23)19-10-9-16(2)24-19/h4-10,15,18H,11-14H2,1-3H3/t15-,18-/m0/s1. The van der Waals surface area contributed by atoms with E-state index in [2.05, 4.69) is 42.2 Å². The van der Waals surface area contributed by atoms with E-state index in [9.17, 15) is 4.79 Å². The lowest BCUT2D eigenvalue weighted by atomic mass is 9.92. The Labute approximate surface area is 144 Å². The average Bonchev–Trinajstić information content (AvgIpc) is 3.01. The molecule has 4 nitrogen and oxygen atoms in total. The van der Waals surface area contributed by atoms with Gasteiger partial charge in [-0.25, -0.2) is 0 Å². The summed E-state index contributed by atoms with van der Waals surface area (Å²) in [5.41, 5.74) is 1.35. The molecule has 128 valence electrons. The SMILES string of the molecule is Cc1ccc(C(=O)N(C)[C@H]2CCN(Cc3ccccc3)C[C@@H]2C)o1. The summed E-state index contributed by atoms with van der Waals surface area (Å²) in [6.45, 7) is 7.10. The summed E-state index contributed by atoms with van der Waals surface area (Å²) in [6.07, 6.45) is 0.996. The number of hydrogen-bond donors (Lipinski definition) is 0. The maximum atomic E-state index is 12.6. The predicted octanol–water partition coefficient (Wildman–Crippen LogP) is 3.57. The van der Waals surface area contributed by atoms with Crippen LogP contribution in [0.25, 0.3) is 0 Å². The van der Waals surface area contributed by atoms with Gasteiger partial charge in [-0.1, -0.05) is 37.3 Å². The maximum Gasteiger partial charge on any atom is 0.289 e. The fourth-order valence-electron chi connectivity index (χ4n) is 3.65. The zero-order chi connectivity index (χ0) is 17.1. The zero-order valence-electron chi connectivity index (χ0n) is 14.7. The Kier molecular flexibility index (Phi) is 5.05. The van der Waals surface area contributed by atoms with Crippen molar-refractivity contribution in [2.75, 3.05) is 20.1 Å². The van der Waals surface area contributed by atoms with Crippen LogP contribution in [0, 0.1) is 12.8 Å². The Balaban J connectivity index is 1.60. The molecule has 0 radical (unpaired) electrons. The lowest BCUT2D eigenvalue weighted by molar-refractivity contribution is 0.0471. The summed E-state index contributed by atoms with van der Waals surface area (Å²) in [4.78, 5) is 16.9. The third kappa shape index (κ3) is 3.70. The van der Waals surface area contributed by atoms with Crippen LogP contribution in [0.2, 0.25) is 0 Å². The number of rotatable bonds is 4. The molecule has 1 aromatic carbocycles. The van der Waals surface area contributed by atoms with Gasteiger partial charge in [0.2, 0.25) is 0 Å². The highest BCUT2D eigenvalue weighted by Gasteiger charge is 2.32. The summed E-state index contributed by atoms with van der Waals surface area (Å²) in [7, 11) is 1.90. The Bertz CT molecular complexity index is 680. The normalized spacial score (nSPS) is 21.6. The molecular weight excluding hydrogens is 300 g/mol. The summed E-state index contributed by atoms with van der Waals surface area (Å²) in [5, 5.41) is 0. The van der Waals surface area contributed by atoms with Gasteiger partial charge >= 0.3 is 0 Å². The highest BCUT2D eigenvalue weighted by Crippen LogP contribution is 2.24. The molecule has 1 aliphatic heterocycles. The molecule has 4 heteroatoms. The van der Waals surface area contributed by atoms with Gasteiger partial charge in [0, 0.05) is 32.7 Å². The lowest BCUT2D eigenvalue weighted by Crippen LogP contribution is -2.50. The summed E-state index contributed by atoms with van der Waals surface area (Å²) in [6, 6.07) is 14.4. The van der Waals surface area contributed by atoms with Crippen molar-refractivity contribution in [1.82, 2.24) is 9.80 Å². The highest BCUT2D eigenvalue weighted by atomic mass is 16.3. The first-order valence-corrected chi connectivity index (χ1v) is 8.64.